The first kappa shape index (κ1) is 13.8. The summed E-state index contributed by atoms with van der Waals surface area (Å²) in [6, 6.07) is 17.1. The summed E-state index contributed by atoms with van der Waals surface area (Å²) in [5, 5.41) is 4.12. The minimum absolute atomic E-state index is 0.108. The van der Waals surface area contributed by atoms with Crippen LogP contribution in [0.3, 0.4) is 0 Å². The summed E-state index contributed by atoms with van der Waals surface area (Å²) < 4.78 is 11.2. The van der Waals surface area contributed by atoms with Gasteiger partial charge in [-0.15, -0.1) is 0 Å². The smallest absolute Gasteiger partial charge is 0.168 e. The molecule has 0 saturated heterocycles. The van der Waals surface area contributed by atoms with Crippen molar-refractivity contribution in [2.45, 2.75) is 19.3 Å². The van der Waals surface area contributed by atoms with Gasteiger partial charge in [0.05, 0.1) is 5.56 Å². The summed E-state index contributed by atoms with van der Waals surface area (Å²) in [6.07, 6.45) is 2.16. The number of ether oxygens (including phenoxy) is 1. The van der Waals surface area contributed by atoms with E-state index in [0.29, 0.717) is 29.2 Å². The molecule has 3 aromatic rings. The maximum absolute atomic E-state index is 12.2. The Kier molecular flexibility index (Phi) is 3.42. The van der Waals surface area contributed by atoms with Crippen LogP contribution in [0.1, 0.15) is 29.0 Å². The van der Waals surface area contributed by atoms with Gasteiger partial charge in [-0.2, -0.15) is 0 Å². The van der Waals surface area contributed by atoms with Crippen molar-refractivity contribution in [3.63, 3.8) is 0 Å². The van der Waals surface area contributed by atoms with E-state index in [1.165, 1.54) is 0 Å². The Hall–Kier alpha value is -2.88. The summed E-state index contributed by atoms with van der Waals surface area (Å²) in [4.78, 5) is 12.2. The minimum Gasteiger partial charge on any atom is -0.457 e. The van der Waals surface area contributed by atoms with Gasteiger partial charge < -0.3 is 9.26 Å². The Morgan fingerprint density at radius 1 is 0.957 bits per heavy atom. The fraction of sp³-hybridized carbons (Fsp3) is 0.158. The van der Waals surface area contributed by atoms with E-state index in [9.17, 15) is 4.79 Å². The van der Waals surface area contributed by atoms with Crippen molar-refractivity contribution >= 4 is 5.78 Å². The monoisotopic (exact) mass is 305 g/mol. The molecule has 0 aliphatic heterocycles. The van der Waals surface area contributed by atoms with Crippen molar-refractivity contribution in [2.24, 2.45) is 0 Å². The topological polar surface area (TPSA) is 52.3 Å². The van der Waals surface area contributed by atoms with Crippen LogP contribution in [0.25, 0.3) is 11.3 Å². The van der Waals surface area contributed by atoms with Crippen LogP contribution >= 0.6 is 0 Å². The van der Waals surface area contributed by atoms with Gasteiger partial charge in [-0.3, -0.25) is 4.79 Å². The Bertz CT molecular complexity index is 852. The van der Waals surface area contributed by atoms with E-state index in [4.69, 9.17) is 9.26 Å². The first-order valence-corrected chi connectivity index (χ1v) is 7.66. The summed E-state index contributed by atoms with van der Waals surface area (Å²) >= 11 is 0. The van der Waals surface area contributed by atoms with Gasteiger partial charge in [0.1, 0.15) is 23.0 Å². The van der Waals surface area contributed by atoms with E-state index < -0.39 is 0 Å². The molecule has 0 atom stereocenters. The maximum Gasteiger partial charge on any atom is 0.168 e. The standard InChI is InChI=1S/C19H15NO3/c21-16-10-5-11-17-18(16)19(20-23-17)13-6-4-9-15(12-13)22-14-7-2-1-3-8-14/h1-4,6-9,12H,5,10-11H2. The average molecular weight is 305 g/mol. The molecule has 0 saturated carbocycles. The van der Waals surface area contributed by atoms with Gasteiger partial charge in [0.25, 0.3) is 0 Å². The van der Waals surface area contributed by atoms with Gasteiger partial charge in [-0.05, 0) is 30.7 Å². The number of aromatic nitrogens is 1. The summed E-state index contributed by atoms with van der Waals surface area (Å²) in [7, 11) is 0. The quantitative estimate of drug-likeness (QED) is 0.706. The maximum atomic E-state index is 12.2. The molecule has 0 radical (unpaired) electrons. The second-order valence-corrected chi connectivity index (χ2v) is 5.55. The first-order chi connectivity index (χ1) is 11.3. The Balaban J connectivity index is 1.70. The van der Waals surface area contributed by atoms with Crippen LogP contribution in [-0.4, -0.2) is 10.9 Å². The molecular weight excluding hydrogens is 290 g/mol. The molecule has 4 heteroatoms. The van der Waals surface area contributed by atoms with E-state index in [1.54, 1.807) is 0 Å². The number of carbonyl (C=O) groups excluding carboxylic acids is 1. The molecule has 4 rings (SSSR count). The predicted octanol–water partition coefficient (Wildman–Crippen LogP) is 4.65. The van der Waals surface area contributed by atoms with Crippen molar-refractivity contribution in [3.05, 3.63) is 65.9 Å². The van der Waals surface area contributed by atoms with E-state index in [-0.39, 0.29) is 5.78 Å². The number of aryl methyl sites for hydroxylation is 1. The van der Waals surface area contributed by atoms with Crippen LogP contribution in [0.4, 0.5) is 0 Å². The largest absolute Gasteiger partial charge is 0.457 e. The number of para-hydroxylation sites is 1. The molecule has 1 heterocycles. The fourth-order valence-corrected chi connectivity index (χ4v) is 2.85. The van der Waals surface area contributed by atoms with Crippen LogP contribution in [0.15, 0.2) is 59.1 Å². The third kappa shape index (κ3) is 2.63. The van der Waals surface area contributed by atoms with Crippen molar-refractivity contribution in [1.29, 1.82) is 0 Å². The fourth-order valence-electron chi connectivity index (χ4n) is 2.85. The second-order valence-electron chi connectivity index (χ2n) is 5.55. The van der Waals surface area contributed by atoms with E-state index in [0.717, 1.165) is 24.2 Å². The Morgan fingerprint density at radius 2 is 1.78 bits per heavy atom. The molecule has 1 aromatic heterocycles. The SMILES string of the molecule is O=C1CCCc2onc(-c3cccc(Oc4ccccc4)c3)c21. The van der Waals surface area contributed by atoms with Crippen LogP contribution in [0.2, 0.25) is 0 Å². The number of rotatable bonds is 3. The summed E-state index contributed by atoms with van der Waals surface area (Å²) in [6.45, 7) is 0. The van der Waals surface area contributed by atoms with Crippen LogP contribution < -0.4 is 4.74 Å². The molecular formula is C19H15NO3. The molecule has 1 aliphatic carbocycles. The molecule has 0 fully saturated rings. The number of Topliss-reactive ketones (excluding diaryl/α,β-unsaturated/α-hetero) is 1. The number of ketones is 1. The van der Waals surface area contributed by atoms with Crippen LogP contribution in [0.5, 0.6) is 11.5 Å². The molecule has 4 nitrogen and oxygen atoms in total. The first-order valence-electron chi connectivity index (χ1n) is 7.66. The lowest BCUT2D eigenvalue weighted by molar-refractivity contribution is 0.0969. The molecule has 0 N–H and O–H groups in total. The van der Waals surface area contributed by atoms with Gasteiger partial charge in [0, 0.05) is 18.4 Å². The van der Waals surface area contributed by atoms with Gasteiger partial charge >= 0.3 is 0 Å². The Labute approximate surface area is 133 Å². The third-order valence-corrected chi connectivity index (χ3v) is 3.94. The van der Waals surface area contributed by atoms with Gasteiger partial charge in [-0.1, -0.05) is 35.5 Å². The summed E-state index contributed by atoms with van der Waals surface area (Å²) in [5.74, 6) is 2.28. The lowest BCUT2D eigenvalue weighted by Gasteiger charge is -2.09. The minimum atomic E-state index is 0.108. The van der Waals surface area contributed by atoms with E-state index in [1.807, 2.05) is 54.6 Å². The molecule has 114 valence electrons. The predicted molar refractivity (Wildman–Crippen MR) is 85.7 cm³/mol. The number of nitrogens with zero attached hydrogens (tertiary/aromatic N) is 1. The normalized spacial score (nSPS) is 13.7. The van der Waals surface area contributed by atoms with Gasteiger partial charge in [-0.25, -0.2) is 0 Å². The highest BCUT2D eigenvalue weighted by Gasteiger charge is 2.27. The highest BCUT2D eigenvalue weighted by Crippen LogP contribution is 2.33. The number of hydrogen-bond donors (Lipinski definition) is 0. The second kappa shape index (κ2) is 5.72. The highest BCUT2D eigenvalue weighted by molar-refractivity contribution is 6.03. The zero-order chi connectivity index (χ0) is 15.6. The number of fused-ring (bicyclic) bond motifs is 1. The highest BCUT2D eigenvalue weighted by atomic mass is 16.5. The van der Waals surface area contributed by atoms with E-state index >= 15 is 0 Å². The van der Waals surface area contributed by atoms with E-state index in [2.05, 4.69) is 5.16 Å². The van der Waals surface area contributed by atoms with Gasteiger partial charge in [0.2, 0.25) is 0 Å². The Morgan fingerprint density at radius 3 is 2.65 bits per heavy atom. The zero-order valence-electron chi connectivity index (χ0n) is 12.5. The molecule has 0 bridgehead atoms. The molecule has 2 aromatic carbocycles. The van der Waals surface area contributed by atoms with Crippen molar-refractivity contribution in [3.8, 4) is 22.8 Å². The molecule has 1 aliphatic rings. The number of carbonyl (C=O) groups is 1. The van der Waals surface area contributed by atoms with Crippen LogP contribution in [0, 0.1) is 0 Å². The lowest BCUT2D eigenvalue weighted by atomic mass is 9.93. The molecule has 0 unspecified atom stereocenters. The van der Waals surface area contributed by atoms with Crippen molar-refractivity contribution in [1.82, 2.24) is 5.16 Å². The molecule has 0 amide bonds. The zero-order valence-corrected chi connectivity index (χ0v) is 12.5. The molecule has 0 spiro atoms. The third-order valence-electron chi connectivity index (χ3n) is 3.94. The number of hydrogen-bond acceptors (Lipinski definition) is 4. The van der Waals surface area contributed by atoms with Crippen LogP contribution in [-0.2, 0) is 6.42 Å². The van der Waals surface area contributed by atoms with Crippen molar-refractivity contribution < 1.29 is 14.1 Å². The molecule has 23 heavy (non-hydrogen) atoms. The average Bonchev–Trinajstić information content (AvgIpc) is 3.02. The number of benzene rings is 2. The van der Waals surface area contributed by atoms with Crippen molar-refractivity contribution in [2.75, 3.05) is 0 Å². The lowest BCUT2D eigenvalue weighted by Crippen LogP contribution is -2.09. The summed E-state index contributed by atoms with van der Waals surface area (Å²) in [5.41, 5.74) is 2.08. The van der Waals surface area contributed by atoms with Gasteiger partial charge in [0.15, 0.2) is 5.78 Å².